The van der Waals surface area contributed by atoms with Gasteiger partial charge < -0.3 is 4.74 Å². The molecule has 2 nitrogen and oxygen atoms in total. The van der Waals surface area contributed by atoms with E-state index < -0.39 is 0 Å². The Bertz CT molecular complexity index is 427. The highest BCUT2D eigenvalue weighted by Gasteiger charge is 1.98. The molecule has 2 rings (SSSR count). The van der Waals surface area contributed by atoms with Gasteiger partial charge in [0.2, 0.25) is 5.88 Å². The maximum absolute atomic E-state index is 5.75. The van der Waals surface area contributed by atoms with E-state index >= 15 is 0 Å². The lowest BCUT2D eigenvalue weighted by molar-refractivity contribution is 0.463. The van der Waals surface area contributed by atoms with E-state index in [1.165, 1.54) is 0 Å². The largest absolute Gasteiger partial charge is 0.439 e. The molecule has 0 fully saturated rings. The summed E-state index contributed by atoms with van der Waals surface area (Å²) in [7, 11) is 0. The van der Waals surface area contributed by atoms with Crippen molar-refractivity contribution in [3.8, 4) is 11.6 Å². The Morgan fingerprint density at radius 3 is 2.67 bits per heavy atom. The lowest BCUT2D eigenvalue weighted by atomic mass is 10.2. The van der Waals surface area contributed by atoms with Crippen LogP contribution in [0.4, 0.5) is 0 Å². The number of aryl methyl sites for hydroxylation is 1. The van der Waals surface area contributed by atoms with Crippen LogP contribution in [0.1, 0.15) is 5.56 Å². The predicted octanol–water partition coefficient (Wildman–Crippen LogP) is 3.84. The van der Waals surface area contributed by atoms with Crippen LogP contribution in [-0.4, -0.2) is 4.98 Å². The normalized spacial score (nSPS) is 10.0. The third-order valence-corrected chi connectivity index (χ3v) is 2.11. The fourth-order valence-corrected chi connectivity index (χ4v) is 1.40. The number of hydrogen-bond donors (Lipinski definition) is 0. The highest BCUT2D eigenvalue weighted by atomic mass is 35.5. The maximum atomic E-state index is 5.75. The Morgan fingerprint density at radius 1 is 1.13 bits per heavy atom. The molecule has 0 saturated carbocycles. The van der Waals surface area contributed by atoms with Gasteiger partial charge in [-0.2, -0.15) is 0 Å². The molecule has 0 N–H and O–H groups in total. The van der Waals surface area contributed by atoms with Gasteiger partial charge in [-0.05, 0) is 30.7 Å². The van der Waals surface area contributed by atoms with E-state index in [0.29, 0.717) is 11.0 Å². The molecule has 0 aliphatic rings. The first-order valence-corrected chi connectivity index (χ1v) is 4.99. The van der Waals surface area contributed by atoms with E-state index in [1.807, 2.05) is 31.2 Å². The Kier molecular flexibility index (Phi) is 2.88. The van der Waals surface area contributed by atoms with Crippen molar-refractivity contribution in [2.24, 2.45) is 0 Å². The lowest BCUT2D eigenvalue weighted by Crippen LogP contribution is -1.87. The van der Waals surface area contributed by atoms with E-state index in [9.17, 15) is 0 Å². The second kappa shape index (κ2) is 4.32. The van der Waals surface area contributed by atoms with Crippen molar-refractivity contribution in [2.75, 3.05) is 0 Å². The topological polar surface area (TPSA) is 22.1 Å². The zero-order valence-electron chi connectivity index (χ0n) is 8.27. The molecule has 1 aromatic heterocycles. The first kappa shape index (κ1) is 9.99. The fourth-order valence-electron chi connectivity index (χ4n) is 1.25. The van der Waals surface area contributed by atoms with Gasteiger partial charge in [-0.15, -0.1) is 0 Å². The summed E-state index contributed by atoms with van der Waals surface area (Å²) in [6.45, 7) is 2.01. The summed E-state index contributed by atoms with van der Waals surface area (Å²) in [5.74, 6) is 1.28. The highest BCUT2D eigenvalue weighted by molar-refractivity contribution is 6.29. The van der Waals surface area contributed by atoms with Crippen LogP contribution >= 0.6 is 11.6 Å². The van der Waals surface area contributed by atoms with Crippen molar-refractivity contribution in [2.45, 2.75) is 6.92 Å². The molecule has 0 atom stereocenters. The quantitative estimate of drug-likeness (QED) is 0.716. The second-order valence-electron chi connectivity index (χ2n) is 3.22. The van der Waals surface area contributed by atoms with Crippen molar-refractivity contribution < 1.29 is 4.74 Å². The molecule has 15 heavy (non-hydrogen) atoms. The monoisotopic (exact) mass is 219 g/mol. The van der Waals surface area contributed by atoms with Gasteiger partial charge in [-0.25, -0.2) is 4.98 Å². The van der Waals surface area contributed by atoms with Crippen LogP contribution in [0.3, 0.4) is 0 Å². The van der Waals surface area contributed by atoms with Crippen LogP contribution in [0.25, 0.3) is 0 Å². The van der Waals surface area contributed by atoms with Crippen LogP contribution in [0.5, 0.6) is 11.6 Å². The molecule has 1 heterocycles. The smallest absolute Gasteiger partial charge is 0.220 e. The Morgan fingerprint density at radius 2 is 1.93 bits per heavy atom. The molecule has 0 saturated heterocycles. The zero-order valence-corrected chi connectivity index (χ0v) is 9.03. The molecule has 0 amide bonds. The van der Waals surface area contributed by atoms with Gasteiger partial charge >= 0.3 is 0 Å². The van der Waals surface area contributed by atoms with Gasteiger partial charge in [0.25, 0.3) is 0 Å². The minimum Gasteiger partial charge on any atom is -0.439 e. The number of ether oxygens (including phenoxy) is 1. The Labute approximate surface area is 93.5 Å². The number of halogens is 1. The van der Waals surface area contributed by atoms with Crippen molar-refractivity contribution in [3.63, 3.8) is 0 Å². The number of benzene rings is 1. The summed E-state index contributed by atoms with van der Waals surface area (Å²) < 4.78 is 5.54. The third kappa shape index (κ3) is 2.70. The first-order valence-electron chi connectivity index (χ1n) is 4.61. The SMILES string of the molecule is Cc1cccc(Oc2cccc(Cl)n2)c1. The predicted molar refractivity (Wildman–Crippen MR) is 60.5 cm³/mol. The van der Waals surface area contributed by atoms with Crippen LogP contribution in [0.2, 0.25) is 5.15 Å². The van der Waals surface area contributed by atoms with E-state index in [-0.39, 0.29) is 0 Å². The summed E-state index contributed by atoms with van der Waals surface area (Å²) in [4.78, 5) is 4.04. The van der Waals surface area contributed by atoms with Crippen molar-refractivity contribution in [1.82, 2.24) is 4.98 Å². The molecule has 0 spiro atoms. The summed E-state index contributed by atoms with van der Waals surface area (Å²) in [6.07, 6.45) is 0. The summed E-state index contributed by atoms with van der Waals surface area (Å²) in [5.41, 5.74) is 1.15. The number of nitrogens with zero attached hydrogens (tertiary/aromatic N) is 1. The summed E-state index contributed by atoms with van der Waals surface area (Å²) in [5, 5.41) is 0.431. The van der Waals surface area contributed by atoms with Gasteiger partial charge in [0.05, 0.1) is 0 Å². The summed E-state index contributed by atoms with van der Waals surface area (Å²) in [6, 6.07) is 13.1. The van der Waals surface area contributed by atoms with Crippen LogP contribution in [0, 0.1) is 6.92 Å². The Hall–Kier alpha value is -1.54. The minimum absolute atomic E-state index is 0.431. The molecule has 76 valence electrons. The molecular weight excluding hydrogens is 210 g/mol. The van der Waals surface area contributed by atoms with Gasteiger partial charge in [0.15, 0.2) is 0 Å². The van der Waals surface area contributed by atoms with Crippen LogP contribution < -0.4 is 4.74 Å². The molecule has 0 aliphatic carbocycles. The van der Waals surface area contributed by atoms with E-state index in [4.69, 9.17) is 16.3 Å². The molecule has 0 bridgehead atoms. The third-order valence-electron chi connectivity index (χ3n) is 1.90. The van der Waals surface area contributed by atoms with Gasteiger partial charge in [-0.3, -0.25) is 0 Å². The molecule has 0 unspecified atom stereocenters. The molecule has 1 aromatic carbocycles. The molecule has 0 radical (unpaired) electrons. The minimum atomic E-state index is 0.431. The van der Waals surface area contributed by atoms with Gasteiger partial charge in [-0.1, -0.05) is 29.8 Å². The lowest BCUT2D eigenvalue weighted by Gasteiger charge is -2.04. The average molecular weight is 220 g/mol. The van der Waals surface area contributed by atoms with Gasteiger partial charge in [0, 0.05) is 6.07 Å². The van der Waals surface area contributed by atoms with Gasteiger partial charge in [0.1, 0.15) is 10.9 Å². The van der Waals surface area contributed by atoms with Crippen molar-refractivity contribution in [1.29, 1.82) is 0 Å². The first-order chi connectivity index (χ1) is 7.24. The van der Waals surface area contributed by atoms with E-state index in [0.717, 1.165) is 11.3 Å². The molecule has 3 heteroatoms. The number of pyridine rings is 1. The summed E-state index contributed by atoms with van der Waals surface area (Å²) >= 11 is 5.75. The average Bonchev–Trinajstić information content (AvgIpc) is 2.17. The van der Waals surface area contributed by atoms with E-state index in [2.05, 4.69) is 4.98 Å². The van der Waals surface area contributed by atoms with Crippen molar-refractivity contribution in [3.05, 3.63) is 53.2 Å². The standard InChI is InChI=1S/C12H10ClNO/c1-9-4-2-5-10(8-9)15-12-7-3-6-11(13)14-12/h2-8H,1H3. The fraction of sp³-hybridized carbons (Fsp3) is 0.0833. The second-order valence-corrected chi connectivity index (χ2v) is 3.60. The molecule has 0 aliphatic heterocycles. The zero-order chi connectivity index (χ0) is 10.7. The maximum Gasteiger partial charge on any atom is 0.220 e. The molecular formula is C12H10ClNO. The van der Waals surface area contributed by atoms with Crippen molar-refractivity contribution >= 4 is 11.6 Å². The number of rotatable bonds is 2. The molecule has 2 aromatic rings. The Balaban J connectivity index is 2.22. The van der Waals surface area contributed by atoms with Crippen LogP contribution in [-0.2, 0) is 0 Å². The number of aromatic nitrogens is 1. The number of hydrogen-bond acceptors (Lipinski definition) is 2. The van der Waals surface area contributed by atoms with Crippen LogP contribution in [0.15, 0.2) is 42.5 Å². The van der Waals surface area contributed by atoms with E-state index in [1.54, 1.807) is 18.2 Å². The highest BCUT2D eigenvalue weighted by Crippen LogP contribution is 2.21.